The van der Waals surface area contributed by atoms with E-state index in [1.807, 2.05) is 23.6 Å². The predicted molar refractivity (Wildman–Crippen MR) is 127 cm³/mol. The third kappa shape index (κ3) is 4.64. The molecule has 7 nitrogen and oxygen atoms in total. The summed E-state index contributed by atoms with van der Waals surface area (Å²) in [5, 5.41) is 1.90. The predicted octanol–water partition coefficient (Wildman–Crippen LogP) is 2.95. The number of benzene rings is 1. The van der Waals surface area contributed by atoms with Crippen molar-refractivity contribution in [2.24, 2.45) is 4.99 Å². The average molecular weight is 481 g/mol. The minimum atomic E-state index is -0.631. The molecule has 33 heavy (non-hydrogen) atoms. The van der Waals surface area contributed by atoms with Gasteiger partial charge in [0.2, 0.25) is 0 Å². The molecule has 168 valence electrons. The van der Waals surface area contributed by atoms with Gasteiger partial charge in [0.25, 0.3) is 5.56 Å². The van der Waals surface area contributed by atoms with E-state index in [0.29, 0.717) is 31.9 Å². The van der Waals surface area contributed by atoms with Crippen LogP contribution in [0, 0.1) is 0 Å². The van der Waals surface area contributed by atoms with Crippen LogP contribution in [0.1, 0.15) is 30.3 Å². The molecule has 2 aromatic heterocycles. The van der Waals surface area contributed by atoms with Crippen LogP contribution in [0.15, 0.2) is 75.5 Å². The van der Waals surface area contributed by atoms with Crippen molar-refractivity contribution in [1.29, 1.82) is 0 Å². The SMILES string of the molecule is C=CCOC(=O)C1=C(C)N=c2s/c(=C/c3cccc(OC(C)=O)c3)c(=O)n2[C@H]1c1cccs1. The van der Waals surface area contributed by atoms with E-state index >= 15 is 0 Å². The van der Waals surface area contributed by atoms with Crippen LogP contribution in [0.25, 0.3) is 6.08 Å². The first-order valence-corrected chi connectivity index (χ1v) is 11.7. The molecular formula is C24H20N2O5S2. The molecule has 0 bridgehead atoms. The second-order valence-electron chi connectivity index (χ2n) is 7.15. The van der Waals surface area contributed by atoms with Gasteiger partial charge in [-0.05, 0) is 42.1 Å². The van der Waals surface area contributed by atoms with Crippen molar-refractivity contribution in [3.63, 3.8) is 0 Å². The van der Waals surface area contributed by atoms with Gasteiger partial charge in [0.05, 0.1) is 15.8 Å². The van der Waals surface area contributed by atoms with E-state index in [-0.39, 0.29) is 12.2 Å². The van der Waals surface area contributed by atoms with Crippen molar-refractivity contribution in [3.05, 3.63) is 95.8 Å². The summed E-state index contributed by atoms with van der Waals surface area (Å²) in [5.41, 5.74) is 1.27. The third-order valence-corrected chi connectivity index (χ3v) is 6.71. The normalized spacial score (nSPS) is 15.6. The van der Waals surface area contributed by atoms with Crippen LogP contribution in [0.3, 0.4) is 0 Å². The number of ether oxygens (including phenoxy) is 2. The van der Waals surface area contributed by atoms with Crippen molar-refractivity contribution in [2.75, 3.05) is 6.61 Å². The highest BCUT2D eigenvalue weighted by molar-refractivity contribution is 7.10. The van der Waals surface area contributed by atoms with Gasteiger partial charge in [-0.3, -0.25) is 14.2 Å². The van der Waals surface area contributed by atoms with Crippen molar-refractivity contribution in [1.82, 2.24) is 4.57 Å². The number of esters is 2. The molecule has 0 saturated heterocycles. The molecule has 0 radical (unpaired) electrons. The summed E-state index contributed by atoms with van der Waals surface area (Å²) in [4.78, 5) is 43.5. The maximum absolute atomic E-state index is 13.5. The van der Waals surface area contributed by atoms with Crippen molar-refractivity contribution in [2.45, 2.75) is 19.9 Å². The molecule has 0 aliphatic carbocycles. The molecule has 9 heteroatoms. The number of thiophene rings is 1. The average Bonchev–Trinajstić information content (AvgIpc) is 3.40. The van der Waals surface area contributed by atoms with Gasteiger partial charge in [0.1, 0.15) is 18.4 Å². The molecule has 0 unspecified atom stereocenters. The van der Waals surface area contributed by atoms with Gasteiger partial charge in [0.15, 0.2) is 4.80 Å². The zero-order chi connectivity index (χ0) is 23.5. The Morgan fingerprint density at radius 3 is 2.79 bits per heavy atom. The van der Waals surface area contributed by atoms with E-state index in [1.54, 1.807) is 31.2 Å². The number of hydrogen-bond donors (Lipinski definition) is 0. The summed E-state index contributed by atoms with van der Waals surface area (Å²) in [7, 11) is 0. The molecule has 1 atom stereocenters. The number of carbonyl (C=O) groups is 2. The van der Waals surface area contributed by atoms with Crippen molar-refractivity contribution >= 4 is 40.7 Å². The zero-order valence-corrected chi connectivity index (χ0v) is 19.6. The van der Waals surface area contributed by atoms with Crippen LogP contribution >= 0.6 is 22.7 Å². The summed E-state index contributed by atoms with van der Waals surface area (Å²) in [6.45, 7) is 6.72. The number of carbonyl (C=O) groups excluding carboxylic acids is 2. The van der Waals surface area contributed by atoms with Crippen LogP contribution < -0.4 is 19.6 Å². The van der Waals surface area contributed by atoms with Gasteiger partial charge in [-0.2, -0.15) is 0 Å². The number of aromatic nitrogens is 1. The van der Waals surface area contributed by atoms with Crippen LogP contribution in [0.5, 0.6) is 5.75 Å². The van der Waals surface area contributed by atoms with E-state index in [2.05, 4.69) is 11.6 Å². The minimum Gasteiger partial charge on any atom is -0.458 e. The Hall–Kier alpha value is -3.56. The van der Waals surface area contributed by atoms with Crippen LogP contribution in [-0.2, 0) is 14.3 Å². The Kier molecular flexibility index (Phi) is 6.52. The van der Waals surface area contributed by atoms with E-state index in [0.717, 1.165) is 4.88 Å². The Bertz CT molecular complexity index is 1440. The quantitative estimate of drug-likeness (QED) is 0.308. The minimum absolute atomic E-state index is 0.0653. The molecule has 3 heterocycles. The second-order valence-corrected chi connectivity index (χ2v) is 9.14. The second kappa shape index (κ2) is 9.51. The van der Waals surface area contributed by atoms with E-state index in [4.69, 9.17) is 9.47 Å². The monoisotopic (exact) mass is 480 g/mol. The number of rotatable bonds is 6. The lowest BCUT2D eigenvalue weighted by Gasteiger charge is -2.23. The molecule has 3 aromatic rings. The molecule has 1 aromatic carbocycles. The highest BCUT2D eigenvalue weighted by Crippen LogP contribution is 2.33. The lowest BCUT2D eigenvalue weighted by atomic mass is 10.0. The van der Waals surface area contributed by atoms with E-state index < -0.39 is 18.0 Å². The van der Waals surface area contributed by atoms with E-state index in [9.17, 15) is 14.4 Å². The Morgan fingerprint density at radius 1 is 1.27 bits per heavy atom. The first-order chi connectivity index (χ1) is 15.9. The van der Waals surface area contributed by atoms with E-state index in [1.165, 1.54) is 40.2 Å². The smallest absolute Gasteiger partial charge is 0.338 e. The maximum atomic E-state index is 13.5. The first kappa shape index (κ1) is 22.6. The summed E-state index contributed by atoms with van der Waals surface area (Å²) in [6.07, 6.45) is 3.21. The molecule has 1 aliphatic heterocycles. The van der Waals surface area contributed by atoms with Crippen LogP contribution in [0.4, 0.5) is 0 Å². The highest BCUT2D eigenvalue weighted by Gasteiger charge is 2.33. The van der Waals surface area contributed by atoms with Gasteiger partial charge < -0.3 is 9.47 Å². The lowest BCUT2D eigenvalue weighted by molar-refractivity contribution is -0.138. The molecule has 0 amide bonds. The topological polar surface area (TPSA) is 87.0 Å². The largest absolute Gasteiger partial charge is 0.458 e. The molecule has 0 spiro atoms. The molecule has 0 fully saturated rings. The summed E-state index contributed by atoms with van der Waals surface area (Å²) in [6, 6.07) is 10.0. The third-order valence-electron chi connectivity index (χ3n) is 4.80. The van der Waals surface area contributed by atoms with Gasteiger partial charge in [-0.15, -0.1) is 11.3 Å². The highest BCUT2D eigenvalue weighted by atomic mass is 32.1. The van der Waals surface area contributed by atoms with Gasteiger partial charge in [-0.25, -0.2) is 9.79 Å². The van der Waals surface area contributed by atoms with Gasteiger partial charge in [-0.1, -0.05) is 42.2 Å². The standard InChI is InChI=1S/C24H20N2O5S2/c1-4-10-30-23(29)20-14(2)25-24-26(21(20)18-9-6-11-32-18)22(28)19(33-24)13-16-7-5-8-17(12-16)31-15(3)27/h4-9,11-13,21H,1,10H2,2-3H3/b19-13+/t21-/m0/s1. The first-order valence-electron chi connectivity index (χ1n) is 10.0. The van der Waals surface area contributed by atoms with Gasteiger partial charge in [0, 0.05) is 11.8 Å². The zero-order valence-electron chi connectivity index (χ0n) is 17.9. The molecule has 1 aliphatic rings. The fourth-order valence-corrected chi connectivity index (χ4v) is 5.37. The number of hydrogen-bond acceptors (Lipinski definition) is 8. The lowest BCUT2D eigenvalue weighted by Crippen LogP contribution is -2.39. The number of nitrogens with zero attached hydrogens (tertiary/aromatic N) is 2. The Morgan fingerprint density at radius 2 is 2.09 bits per heavy atom. The summed E-state index contributed by atoms with van der Waals surface area (Å²) in [5.74, 6) is -0.560. The molecular weight excluding hydrogens is 460 g/mol. The molecule has 0 saturated carbocycles. The molecule has 4 rings (SSSR count). The summed E-state index contributed by atoms with van der Waals surface area (Å²) < 4.78 is 12.4. The van der Waals surface area contributed by atoms with Gasteiger partial charge >= 0.3 is 11.9 Å². The van der Waals surface area contributed by atoms with Crippen LogP contribution in [-0.4, -0.2) is 23.1 Å². The van der Waals surface area contributed by atoms with Crippen molar-refractivity contribution < 1.29 is 19.1 Å². The fraction of sp³-hybridized carbons (Fsp3) is 0.167. The maximum Gasteiger partial charge on any atom is 0.338 e. The number of allylic oxidation sites excluding steroid dienone is 1. The summed E-state index contributed by atoms with van der Waals surface area (Å²) >= 11 is 2.69. The fourth-order valence-electron chi connectivity index (χ4n) is 3.50. The molecule has 0 N–H and O–H groups in total. The number of fused-ring (bicyclic) bond motifs is 1. The van der Waals surface area contributed by atoms with Crippen LogP contribution in [0.2, 0.25) is 0 Å². The van der Waals surface area contributed by atoms with Crippen molar-refractivity contribution in [3.8, 4) is 5.75 Å². The Balaban J connectivity index is 1.86. The Labute approximate surface area is 197 Å². The number of thiazole rings is 1.